The average molecular weight is 458 g/mol. The predicted molar refractivity (Wildman–Crippen MR) is 134 cm³/mol. The lowest BCUT2D eigenvalue weighted by Crippen LogP contribution is -2.46. The van der Waals surface area contributed by atoms with Crippen LogP contribution in [-0.4, -0.2) is 18.8 Å². The van der Waals surface area contributed by atoms with Gasteiger partial charge in [0.25, 0.3) is 0 Å². The molecule has 0 amide bonds. The molecule has 2 fully saturated rings. The molecular weight excluding hydrogens is 418 g/mol. The fraction of sp³-hybridized carbons (Fsp3) is 0.630. The van der Waals surface area contributed by atoms with E-state index in [1.54, 1.807) is 12.1 Å². The zero-order valence-electron chi connectivity index (χ0n) is 19.3. The molecule has 5 heteroatoms. The van der Waals surface area contributed by atoms with Crippen molar-refractivity contribution in [1.82, 2.24) is 0 Å². The molecule has 2 aliphatic carbocycles. The van der Waals surface area contributed by atoms with E-state index in [0.717, 1.165) is 56.8 Å². The van der Waals surface area contributed by atoms with Gasteiger partial charge in [0.2, 0.25) is 10.0 Å². The molecule has 0 radical (unpaired) electrons. The van der Waals surface area contributed by atoms with E-state index >= 15 is 0 Å². The van der Waals surface area contributed by atoms with Crippen LogP contribution in [0.3, 0.4) is 0 Å². The van der Waals surface area contributed by atoms with Crippen molar-refractivity contribution in [2.24, 2.45) is 5.41 Å². The molecule has 0 heterocycles. The Balaban J connectivity index is 1.62. The highest BCUT2D eigenvalue weighted by Gasteiger charge is 2.46. The fourth-order valence-electron chi connectivity index (χ4n) is 6.24. The molecule has 4 rings (SSSR count). The van der Waals surface area contributed by atoms with Gasteiger partial charge in [0.15, 0.2) is 0 Å². The molecule has 176 valence electrons. The first-order valence-electron chi connectivity index (χ1n) is 12.7. The number of hydrogen-bond acceptors (Lipinski definition) is 3. The van der Waals surface area contributed by atoms with Crippen LogP contribution in [0.15, 0.2) is 36.4 Å². The third kappa shape index (κ3) is 5.24. The van der Waals surface area contributed by atoms with Crippen molar-refractivity contribution in [3.63, 3.8) is 0 Å². The molecule has 2 saturated carbocycles. The van der Waals surface area contributed by atoms with Crippen LogP contribution < -0.4 is 4.72 Å². The summed E-state index contributed by atoms with van der Waals surface area (Å²) in [4.78, 5) is 0. The van der Waals surface area contributed by atoms with Crippen molar-refractivity contribution < 1.29 is 13.5 Å². The number of aromatic hydroxyl groups is 1. The molecule has 0 aliphatic heterocycles. The van der Waals surface area contributed by atoms with Gasteiger partial charge in [0.05, 0.1) is 10.9 Å². The van der Waals surface area contributed by atoms with Crippen molar-refractivity contribution in [3.05, 3.63) is 36.4 Å². The molecule has 0 saturated heterocycles. The highest BCUT2D eigenvalue weighted by molar-refractivity contribution is 7.93. The van der Waals surface area contributed by atoms with E-state index in [0.29, 0.717) is 11.1 Å². The third-order valence-electron chi connectivity index (χ3n) is 7.95. The summed E-state index contributed by atoms with van der Waals surface area (Å²) in [5.41, 5.74) is 0.475. The fourth-order valence-corrected chi connectivity index (χ4v) is 8.36. The van der Waals surface area contributed by atoms with E-state index < -0.39 is 10.0 Å². The molecule has 2 N–H and O–H groups in total. The first-order chi connectivity index (χ1) is 15.5. The number of phenols is 1. The largest absolute Gasteiger partial charge is 0.507 e. The maximum absolute atomic E-state index is 13.9. The zero-order chi connectivity index (χ0) is 22.4. The van der Waals surface area contributed by atoms with Crippen LogP contribution >= 0.6 is 0 Å². The predicted octanol–water partition coefficient (Wildman–Crippen LogP) is 7.52. The quantitative estimate of drug-likeness (QED) is 0.468. The third-order valence-corrected chi connectivity index (χ3v) is 9.94. The number of sulfonamides is 1. The summed E-state index contributed by atoms with van der Waals surface area (Å²) in [7, 11) is -3.55. The first kappa shape index (κ1) is 23.4. The number of benzene rings is 2. The van der Waals surface area contributed by atoms with Crippen LogP contribution in [0.5, 0.6) is 5.75 Å². The Morgan fingerprint density at radius 1 is 0.719 bits per heavy atom. The standard InChI is InChI=1S/C27H39NO3S/c29-25-18-17-24(22-14-8-9-15-23(22)25)28-32(30,31)26-16-10-13-21-27(26)19-11-6-4-2-1-3-5-7-12-20-27/h8-9,14-15,17-18,26,28-29H,1-7,10-13,16,19-21H2. The summed E-state index contributed by atoms with van der Waals surface area (Å²) >= 11 is 0. The monoisotopic (exact) mass is 457 g/mol. The molecule has 2 aromatic carbocycles. The van der Waals surface area contributed by atoms with Gasteiger partial charge in [-0.15, -0.1) is 0 Å². The summed E-state index contributed by atoms with van der Waals surface area (Å²) < 4.78 is 30.7. The lowest BCUT2D eigenvalue weighted by atomic mass is 9.67. The number of hydrogen-bond donors (Lipinski definition) is 2. The van der Waals surface area contributed by atoms with E-state index in [1.165, 1.54) is 44.9 Å². The van der Waals surface area contributed by atoms with E-state index in [2.05, 4.69) is 4.72 Å². The Morgan fingerprint density at radius 3 is 1.88 bits per heavy atom. The molecule has 32 heavy (non-hydrogen) atoms. The van der Waals surface area contributed by atoms with Gasteiger partial charge in [-0.2, -0.15) is 0 Å². The van der Waals surface area contributed by atoms with E-state index in [1.807, 2.05) is 24.3 Å². The van der Waals surface area contributed by atoms with Gasteiger partial charge in [-0.25, -0.2) is 8.42 Å². The average Bonchev–Trinajstić information content (AvgIpc) is 2.78. The lowest BCUT2D eigenvalue weighted by molar-refractivity contribution is 0.150. The highest BCUT2D eigenvalue weighted by atomic mass is 32.2. The number of anilines is 1. The Hall–Kier alpha value is -1.75. The topological polar surface area (TPSA) is 66.4 Å². The zero-order valence-corrected chi connectivity index (χ0v) is 20.1. The maximum atomic E-state index is 13.9. The minimum Gasteiger partial charge on any atom is -0.507 e. The molecule has 2 aromatic rings. The van der Waals surface area contributed by atoms with Crippen LogP contribution in [0, 0.1) is 5.41 Å². The molecule has 1 spiro atoms. The number of rotatable bonds is 3. The highest BCUT2D eigenvalue weighted by Crippen LogP contribution is 2.48. The van der Waals surface area contributed by atoms with Crippen molar-refractivity contribution in [2.45, 2.75) is 102 Å². The van der Waals surface area contributed by atoms with Crippen LogP contribution in [0.2, 0.25) is 0 Å². The molecule has 2 aliphatic rings. The molecule has 0 aromatic heterocycles. The minimum atomic E-state index is -3.55. The molecule has 4 nitrogen and oxygen atoms in total. The van der Waals surface area contributed by atoms with Gasteiger partial charge >= 0.3 is 0 Å². The summed E-state index contributed by atoms with van der Waals surface area (Å²) in [6.07, 6.45) is 17.3. The number of nitrogens with one attached hydrogen (secondary N) is 1. The second-order valence-corrected chi connectivity index (χ2v) is 12.0. The van der Waals surface area contributed by atoms with Gasteiger partial charge < -0.3 is 5.11 Å². The summed E-state index contributed by atoms with van der Waals surface area (Å²) in [6.45, 7) is 0. The summed E-state index contributed by atoms with van der Waals surface area (Å²) in [5.74, 6) is 0.178. The Morgan fingerprint density at radius 2 is 1.25 bits per heavy atom. The van der Waals surface area contributed by atoms with Crippen LogP contribution in [0.25, 0.3) is 10.8 Å². The van der Waals surface area contributed by atoms with Crippen molar-refractivity contribution in [3.8, 4) is 5.75 Å². The molecule has 1 atom stereocenters. The van der Waals surface area contributed by atoms with Crippen molar-refractivity contribution >= 4 is 26.5 Å². The van der Waals surface area contributed by atoms with Gasteiger partial charge in [-0.3, -0.25) is 4.72 Å². The van der Waals surface area contributed by atoms with Crippen molar-refractivity contribution in [2.75, 3.05) is 4.72 Å². The smallest absolute Gasteiger partial charge is 0.236 e. The Labute approximate surface area is 193 Å². The van der Waals surface area contributed by atoms with Crippen LogP contribution in [0.4, 0.5) is 5.69 Å². The second kappa shape index (κ2) is 10.5. The Kier molecular flexibility index (Phi) is 7.65. The molecular formula is C27H39NO3S. The Bertz CT molecular complexity index is 989. The number of fused-ring (bicyclic) bond motifs is 1. The molecule has 0 bridgehead atoms. The van der Waals surface area contributed by atoms with E-state index in [9.17, 15) is 13.5 Å². The van der Waals surface area contributed by atoms with Crippen LogP contribution in [-0.2, 0) is 10.0 Å². The van der Waals surface area contributed by atoms with E-state index in [4.69, 9.17) is 0 Å². The van der Waals surface area contributed by atoms with Crippen molar-refractivity contribution in [1.29, 1.82) is 0 Å². The van der Waals surface area contributed by atoms with Gasteiger partial charge in [-0.05, 0) is 43.2 Å². The second-order valence-electron chi connectivity index (χ2n) is 10.1. The minimum absolute atomic E-state index is 0.101. The molecule has 1 unspecified atom stereocenters. The van der Waals surface area contributed by atoms with Gasteiger partial charge in [0.1, 0.15) is 5.75 Å². The van der Waals surface area contributed by atoms with E-state index in [-0.39, 0.29) is 16.4 Å². The normalized spacial score (nSPS) is 23.3. The number of phenolic OH excluding ortho intramolecular Hbond substituents is 1. The van der Waals surface area contributed by atoms with Crippen LogP contribution in [0.1, 0.15) is 96.3 Å². The SMILES string of the molecule is O=S(=O)(Nc1ccc(O)c2ccccc12)C1CCCCC12CCCCCCCCCCC2. The van der Waals surface area contributed by atoms with Gasteiger partial charge in [0, 0.05) is 10.8 Å². The van der Waals surface area contributed by atoms with Gasteiger partial charge in [-0.1, -0.05) is 94.9 Å². The maximum Gasteiger partial charge on any atom is 0.236 e. The summed E-state index contributed by atoms with van der Waals surface area (Å²) in [6, 6.07) is 10.7. The first-order valence-corrected chi connectivity index (χ1v) is 14.3. The lowest BCUT2D eigenvalue weighted by Gasteiger charge is -2.44. The summed E-state index contributed by atoms with van der Waals surface area (Å²) in [5, 5.41) is 11.3.